The first-order valence-corrected chi connectivity index (χ1v) is 13.7. The Hall–Kier alpha value is -2.95. The van der Waals surface area contributed by atoms with Gasteiger partial charge in [-0.1, -0.05) is 60.8 Å². The van der Waals surface area contributed by atoms with E-state index in [9.17, 15) is 9.59 Å². The summed E-state index contributed by atoms with van der Waals surface area (Å²) in [6, 6.07) is 10.4. The Kier molecular flexibility index (Phi) is 7.98. The summed E-state index contributed by atoms with van der Waals surface area (Å²) in [5, 5.41) is 7.97. The van der Waals surface area contributed by atoms with Crippen LogP contribution in [0.15, 0.2) is 41.2 Å². The lowest BCUT2D eigenvalue weighted by molar-refractivity contribution is 0.0662. The van der Waals surface area contributed by atoms with Crippen molar-refractivity contribution in [3.8, 4) is 5.69 Å². The molecule has 2 aromatic carbocycles. The van der Waals surface area contributed by atoms with Crippen LogP contribution in [0, 0.1) is 0 Å². The number of halogens is 3. The number of hydrogen-bond acceptors (Lipinski definition) is 6. The number of amides is 1. The zero-order valence-corrected chi connectivity index (χ0v) is 24.0. The molecule has 204 valence electrons. The molecule has 9 nitrogen and oxygen atoms in total. The van der Waals surface area contributed by atoms with Gasteiger partial charge < -0.3 is 9.88 Å². The van der Waals surface area contributed by atoms with Crippen molar-refractivity contribution in [2.75, 3.05) is 33.2 Å². The lowest BCUT2D eigenvalue weighted by atomic mass is 10.1. The van der Waals surface area contributed by atoms with Gasteiger partial charge in [0.2, 0.25) is 0 Å². The highest BCUT2D eigenvalue weighted by atomic mass is 35.5. The summed E-state index contributed by atoms with van der Waals surface area (Å²) in [4.78, 5) is 35.8. The summed E-state index contributed by atoms with van der Waals surface area (Å²) in [6.45, 7) is 7.27. The molecule has 0 spiro atoms. The van der Waals surface area contributed by atoms with E-state index >= 15 is 0 Å². The Morgan fingerprint density at radius 1 is 1.05 bits per heavy atom. The van der Waals surface area contributed by atoms with Gasteiger partial charge in [-0.2, -0.15) is 5.10 Å². The summed E-state index contributed by atoms with van der Waals surface area (Å²) in [7, 11) is 2.07. The van der Waals surface area contributed by atoms with Crippen molar-refractivity contribution in [3.63, 3.8) is 0 Å². The second-order valence-electron chi connectivity index (χ2n) is 9.99. The summed E-state index contributed by atoms with van der Waals surface area (Å²) in [5.74, 6) is 0.248. The number of rotatable bonds is 6. The fourth-order valence-corrected chi connectivity index (χ4v) is 5.55. The molecule has 1 fully saturated rings. The van der Waals surface area contributed by atoms with Crippen LogP contribution >= 0.6 is 34.8 Å². The third kappa shape index (κ3) is 5.83. The van der Waals surface area contributed by atoms with Crippen LogP contribution in [0.3, 0.4) is 0 Å². The first kappa shape index (κ1) is 27.6. The number of aromatic amines is 1. The largest absolute Gasteiger partial charge is 0.310 e. The molecule has 2 N–H and O–H groups in total. The van der Waals surface area contributed by atoms with Crippen LogP contribution in [-0.2, 0) is 6.42 Å². The van der Waals surface area contributed by atoms with Crippen LogP contribution in [0.4, 0.5) is 0 Å². The highest BCUT2D eigenvalue weighted by molar-refractivity contribution is 6.40. The molecule has 2 aromatic heterocycles. The highest BCUT2D eigenvalue weighted by Gasteiger charge is 2.23. The van der Waals surface area contributed by atoms with Crippen LogP contribution in [0.25, 0.3) is 16.7 Å². The minimum absolute atomic E-state index is 0.0445. The molecule has 1 aliphatic heterocycles. The first-order chi connectivity index (χ1) is 18.6. The fourth-order valence-electron chi connectivity index (χ4n) is 4.57. The van der Waals surface area contributed by atoms with E-state index in [1.807, 2.05) is 31.0 Å². The van der Waals surface area contributed by atoms with Gasteiger partial charge in [0.25, 0.3) is 11.5 Å². The quantitative estimate of drug-likeness (QED) is 0.340. The molecular weight excluding hydrogens is 561 g/mol. The maximum Gasteiger partial charge on any atom is 0.265 e. The Bertz CT molecular complexity index is 1570. The molecule has 0 radical (unpaired) electrons. The molecule has 5 rings (SSSR count). The van der Waals surface area contributed by atoms with Gasteiger partial charge in [0, 0.05) is 43.2 Å². The second-order valence-corrected chi connectivity index (χ2v) is 11.2. The smallest absolute Gasteiger partial charge is 0.265 e. The molecule has 1 saturated heterocycles. The molecule has 1 aliphatic rings. The number of aromatic nitrogens is 4. The summed E-state index contributed by atoms with van der Waals surface area (Å²) in [5.41, 5.74) is 5.45. The Morgan fingerprint density at radius 3 is 2.31 bits per heavy atom. The van der Waals surface area contributed by atoms with Gasteiger partial charge in [0.1, 0.15) is 16.9 Å². The maximum absolute atomic E-state index is 13.2. The van der Waals surface area contributed by atoms with E-state index in [2.05, 4.69) is 27.5 Å². The van der Waals surface area contributed by atoms with Crippen molar-refractivity contribution >= 4 is 51.7 Å². The zero-order valence-electron chi connectivity index (χ0n) is 21.8. The Labute approximate surface area is 240 Å². The highest BCUT2D eigenvalue weighted by Crippen LogP contribution is 2.34. The van der Waals surface area contributed by atoms with Crippen LogP contribution in [0.2, 0.25) is 15.1 Å². The number of carbonyl (C=O) groups is 1. The normalized spacial score (nSPS) is 14.8. The van der Waals surface area contributed by atoms with E-state index in [0.29, 0.717) is 55.3 Å². The average molecular weight is 589 g/mol. The minimum atomic E-state index is -0.297. The molecule has 1 amide bonds. The topological polar surface area (TPSA) is 99.2 Å². The Morgan fingerprint density at radius 2 is 1.69 bits per heavy atom. The molecule has 39 heavy (non-hydrogen) atoms. The van der Waals surface area contributed by atoms with Crippen LogP contribution in [-0.4, -0.2) is 68.8 Å². The number of nitrogens with zero attached hydrogens (tertiary/aromatic N) is 5. The lowest BCUT2D eigenvalue weighted by Gasteiger charge is -2.32. The Balaban J connectivity index is 1.44. The van der Waals surface area contributed by atoms with Crippen molar-refractivity contribution in [2.45, 2.75) is 26.2 Å². The second kappa shape index (κ2) is 11.3. The fraction of sp³-hybridized carbons (Fsp3) is 0.333. The number of carbonyl (C=O) groups excluding carboxylic acids is 1. The van der Waals surface area contributed by atoms with Crippen molar-refractivity contribution in [3.05, 3.63) is 84.5 Å². The predicted octanol–water partition coefficient (Wildman–Crippen LogP) is 4.68. The third-order valence-electron chi connectivity index (χ3n) is 6.70. The predicted molar refractivity (Wildman–Crippen MR) is 154 cm³/mol. The zero-order chi connectivity index (χ0) is 27.8. The van der Waals surface area contributed by atoms with E-state index in [1.165, 1.54) is 4.68 Å². The van der Waals surface area contributed by atoms with Gasteiger partial charge in [0.05, 0.1) is 15.7 Å². The van der Waals surface area contributed by atoms with Crippen LogP contribution in [0.1, 0.15) is 47.2 Å². The molecule has 0 bridgehead atoms. The lowest BCUT2D eigenvalue weighted by Crippen LogP contribution is -2.52. The number of piperazine rings is 1. The van der Waals surface area contributed by atoms with Gasteiger partial charge >= 0.3 is 0 Å². The third-order valence-corrected chi connectivity index (χ3v) is 7.50. The molecule has 0 saturated carbocycles. The van der Waals surface area contributed by atoms with Crippen molar-refractivity contribution < 1.29 is 4.79 Å². The van der Waals surface area contributed by atoms with E-state index in [-0.39, 0.29) is 17.4 Å². The summed E-state index contributed by atoms with van der Waals surface area (Å²) in [6.07, 6.45) is 0.343. The van der Waals surface area contributed by atoms with Crippen molar-refractivity contribution in [1.29, 1.82) is 0 Å². The summed E-state index contributed by atoms with van der Waals surface area (Å²) < 4.78 is 1.51. The number of benzene rings is 2. The number of hydrazine groups is 1. The number of likely N-dealkylation sites (N-methyl/N-ethyl adjacent to an activating group) is 1. The van der Waals surface area contributed by atoms with Gasteiger partial charge in [-0.15, -0.1) is 0 Å². The van der Waals surface area contributed by atoms with Crippen LogP contribution < -0.4 is 11.0 Å². The molecule has 12 heteroatoms. The first-order valence-electron chi connectivity index (χ1n) is 12.6. The van der Waals surface area contributed by atoms with E-state index in [1.54, 1.807) is 24.3 Å². The minimum Gasteiger partial charge on any atom is -0.310 e. The number of fused-ring (bicyclic) bond motifs is 1. The SMILES string of the molecule is CC(C)c1nn(-c2c(Cl)cc(Cl)cc2Cl)c2nc(Cc3ccc(C(=O)NN4CCN(C)CC4)cc3)[nH]c(=O)c12. The standard InChI is InChI=1S/C27H28Cl3N7O2/c1-15(2)23-22-25(37(33-23)24-19(29)13-18(28)14-20(24)30)31-21(32-27(22)39)12-16-4-6-17(7-5-16)26(38)34-36-10-8-35(3)9-11-36/h4-7,13-15H,8-12H2,1-3H3,(H,34,38)(H,31,32,39). The molecule has 0 unspecified atom stereocenters. The number of hydrogen-bond donors (Lipinski definition) is 2. The van der Waals surface area contributed by atoms with Crippen molar-refractivity contribution in [1.82, 2.24) is 35.1 Å². The molecule has 3 heterocycles. The molecular formula is C27H28Cl3N7O2. The average Bonchev–Trinajstić information content (AvgIpc) is 3.25. The molecule has 0 atom stereocenters. The van der Waals surface area contributed by atoms with E-state index < -0.39 is 0 Å². The van der Waals surface area contributed by atoms with Gasteiger partial charge in [0.15, 0.2) is 5.65 Å². The summed E-state index contributed by atoms with van der Waals surface area (Å²) >= 11 is 19.1. The van der Waals surface area contributed by atoms with E-state index in [0.717, 1.165) is 31.7 Å². The van der Waals surface area contributed by atoms with Gasteiger partial charge in [-0.3, -0.25) is 15.0 Å². The number of H-pyrrole nitrogens is 1. The number of nitrogens with one attached hydrogen (secondary N) is 2. The molecule has 0 aliphatic carbocycles. The van der Waals surface area contributed by atoms with E-state index in [4.69, 9.17) is 39.8 Å². The van der Waals surface area contributed by atoms with Crippen molar-refractivity contribution in [2.24, 2.45) is 0 Å². The monoisotopic (exact) mass is 587 g/mol. The maximum atomic E-state index is 13.2. The van der Waals surface area contributed by atoms with Gasteiger partial charge in [-0.25, -0.2) is 14.7 Å². The van der Waals surface area contributed by atoms with Crippen LogP contribution in [0.5, 0.6) is 0 Å². The van der Waals surface area contributed by atoms with Gasteiger partial charge in [-0.05, 0) is 42.8 Å². The molecule has 4 aromatic rings.